The van der Waals surface area contributed by atoms with E-state index in [-0.39, 0.29) is 36.2 Å². The Morgan fingerprint density at radius 3 is 2.01 bits per heavy atom. The monoisotopic (exact) mass is 1090 g/mol. The van der Waals surface area contributed by atoms with Crippen molar-refractivity contribution in [3.63, 3.8) is 0 Å². The van der Waals surface area contributed by atoms with E-state index in [0.717, 1.165) is 0 Å². The van der Waals surface area contributed by atoms with Gasteiger partial charge in [-0.15, -0.1) is 9.05 Å². The number of nitrogens with two attached hydrogens (primary N) is 2. The molecule has 3 aliphatic heterocycles. The minimum absolute atomic E-state index is 0.0290. The lowest BCUT2D eigenvalue weighted by Crippen LogP contribution is -2.31. The zero-order chi connectivity index (χ0) is 51.5. The number of ether oxygens (including phenoxy) is 3. The van der Waals surface area contributed by atoms with E-state index in [0.29, 0.717) is 65.9 Å². The number of anilines is 3. The van der Waals surface area contributed by atoms with Crippen molar-refractivity contribution in [2.75, 3.05) is 50.3 Å². The first-order valence-corrected chi connectivity index (χ1v) is 26.9. The number of hydrogen-bond acceptors (Lipinski definition) is 27. The quantitative estimate of drug-likeness (QED) is 0.0364. The molecule has 3 aliphatic rings. The van der Waals surface area contributed by atoms with Crippen LogP contribution in [0.2, 0.25) is 0 Å². The molecule has 0 aromatic carbocycles. The average Bonchev–Trinajstić information content (AvgIpc) is 4.14. The number of nitrogens with zero attached hydrogens (tertiary/aromatic N) is 9. The standard InChI is InChI=1S/C16H29N5O13P3.C10H14N5O6P.C6H7N5O/c1-17-15-14-16(19-8-18-15)21(9-20-14)13-3-2-10(32-13)6-30-35(23,24)33-37(27,28)34-36(25,26)31-7-12-11(22)4-5-29-12;11-10-13-8-7(9(16)14-10)12-4-15(8)6-2-1-5(21-6)3-20-22(17,18)19;1-11-2-8-4-3(11)5(12)10-6(7)9-4/h8-13,22-28H,2-7H2,1H3,(H,17,18,19);4-6H,1-3H2,(H2,17,18,19)(H3,11,13,14,16);2H,1H3,(H3,7,9,10,12)/q+3;;/p+1/t10-,11-,12+,13+;5-,6+;/m00./s1. The number of aromatic nitrogens is 12. The zero-order valence-electron chi connectivity index (χ0n) is 37.1. The fraction of sp³-hybridized carbons (Fsp3) is 0.531. The van der Waals surface area contributed by atoms with Gasteiger partial charge in [-0.2, -0.15) is 39.3 Å². The zero-order valence-corrected chi connectivity index (χ0v) is 40.7. The first-order valence-electron chi connectivity index (χ1n) is 20.8. The van der Waals surface area contributed by atoms with Gasteiger partial charge >= 0.3 is 37.9 Å². The topological polar surface area (TPSA) is 510 Å². The second-order valence-electron chi connectivity index (χ2n) is 15.5. The van der Waals surface area contributed by atoms with E-state index >= 15 is 0 Å². The van der Waals surface area contributed by atoms with Crippen LogP contribution in [0, 0.1) is 0 Å². The summed E-state index contributed by atoms with van der Waals surface area (Å²) in [5, 5.41) is 12.6. The predicted octanol–water partition coefficient (Wildman–Crippen LogP) is -2.10. The van der Waals surface area contributed by atoms with Crippen LogP contribution < -0.4 is 32.5 Å². The van der Waals surface area contributed by atoms with Gasteiger partial charge in [0.25, 0.3) is 16.7 Å². The summed E-state index contributed by atoms with van der Waals surface area (Å²) in [5.74, 6) is 0.636. The lowest BCUT2D eigenvalue weighted by molar-refractivity contribution is -0.645. The van der Waals surface area contributed by atoms with Crippen LogP contribution in [0.15, 0.2) is 34.9 Å². The Hall–Kier alpha value is -4.51. The van der Waals surface area contributed by atoms with Gasteiger partial charge in [0.05, 0.1) is 53.2 Å². The number of aryl methyl sites for hydroxylation is 1. The molecule has 0 saturated carbocycles. The van der Waals surface area contributed by atoms with Gasteiger partial charge in [0.1, 0.15) is 43.6 Å². The predicted molar refractivity (Wildman–Crippen MR) is 243 cm³/mol. The molecule has 3 fully saturated rings. The molecule has 9 heterocycles. The number of aliphatic hydroxyl groups is 1. The molecule has 0 aliphatic carbocycles. The van der Waals surface area contributed by atoms with Gasteiger partial charge in [0.15, 0.2) is 22.6 Å². The third-order valence-corrected chi connectivity index (χ3v) is 15.2. The number of aromatic amines is 3. The average molecular weight is 1090 g/mol. The van der Waals surface area contributed by atoms with Gasteiger partial charge < -0.3 is 45.9 Å². The number of hydrogen-bond donors (Lipinski definition) is 15. The maximum Gasteiger partial charge on any atom is 0.667 e. The van der Waals surface area contributed by atoms with E-state index in [2.05, 4.69) is 67.8 Å². The Morgan fingerprint density at radius 2 is 1.39 bits per heavy atom. The molecule has 6 aromatic heterocycles. The summed E-state index contributed by atoms with van der Waals surface area (Å²) in [7, 11) is -16.1. The molecule has 6 atom stereocenters. The van der Waals surface area contributed by atoms with Gasteiger partial charge in [-0.1, -0.05) is 0 Å². The maximum absolute atomic E-state index is 11.7. The van der Waals surface area contributed by atoms with E-state index in [9.17, 15) is 48.6 Å². The molecule has 0 amide bonds. The number of nitrogens with one attached hydrogen (secondary N) is 4. The second kappa shape index (κ2) is 22.3. The number of fused-ring (bicyclic) bond motifs is 3. The van der Waals surface area contributed by atoms with E-state index in [1.54, 1.807) is 40.5 Å². The molecule has 6 aromatic rings. The summed E-state index contributed by atoms with van der Waals surface area (Å²) in [5.41, 5.74) is 12.7. The van der Waals surface area contributed by atoms with Crippen LogP contribution >= 0.6 is 32.3 Å². The number of imidazole rings is 3. The first kappa shape index (κ1) is 54.3. The van der Waals surface area contributed by atoms with Crippen molar-refractivity contribution in [3.8, 4) is 0 Å². The van der Waals surface area contributed by atoms with Crippen LogP contribution in [-0.2, 0) is 48.0 Å². The highest BCUT2D eigenvalue weighted by molar-refractivity contribution is 7.73. The van der Waals surface area contributed by atoms with Gasteiger partial charge in [-0.3, -0.25) is 33.2 Å². The third kappa shape index (κ3) is 14.2. The highest BCUT2D eigenvalue weighted by Gasteiger charge is 2.70. The van der Waals surface area contributed by atoms with E-state index < -0.39 is 88.0 Å². The minimum atomic E-state index is -5.24. The van der Waals surface area contributed by atoms with Crippen LogP contribution in [0.3, 0.4) is 0 Å². The van der Waals surface area contributed by atoms with Gasteiger partial charge in [0.2, 0.25) is 18.2 Å². The Bertz CT molecular complexity index is 2950. The number of aliphatic hydroxyl groups excluding tert-OH is 1. The van der Waals surface area contributed by atoms with Crippen LogP contribution in [0.5, 0.6) is 0 Å². The molecule has 0 radical (unpaired) electrons. The van der Waals surface area contributed by atoms with Gasteiger partial charge in [-0.05, 0) is 32.1 Å². The lowest BCUT2D eigenvalue weighted by Gasteiger charge is -2.16. The SMILES string of the molecule is CNc1ncnc2c1ncn2[C@H]1CC[C@@H](CO[P+](O)(O)O[P+](O)(O)O[P+](O)(O)OC[C@H]2OCC[C@@H]2O)O1.C[n+]1c[nH]c2nc(N)[nH]c(=O)c21.Nc1nc2c(ncn2[C@H]2CC[C@@H](COP(=O)(O)O)O2)c(=O)[nH]1. The van der Waals surface area contributed by atoms with Crippen molar-refractivity contribution in [1.29, 1.82) is 0 Å². The van der Waals surface area contributed by atoms with Crippen molar-refractivity contribution in [2.45, 2.75) is 69.0 Å². The number of nitrogen functional groups attached to an aromatic ring is 2. The Labute approximate surface area is 398 Å². The number of phosphoric acid groups is 1. The second-order valence-corrected chi connectivity index (χ2v) is 21.5. The molecule has 390 valence electrons. The summed E-state index contributed by atoms with van der Waals surface area (Å²) < 4.78 is 54.9. The van der Waals surface area contributed by atoms with Crippen LogP contribution in [-0.4, -0.2) is 156 Å². The summed E-state index contributed by atoms with van der Waals surface area (Å²) >= 11 is 0. The largest absolute Gasteiger partial charge is 0.667 e. The van der Waals surface area contributed by atoms with Crippen molar-refractivity contribution >= 4 is 83.5 Å². The Kier molecular flexibility index (Phi) is 17.1. The van der Waals surface area contributed by atoms with E-state index in [1.807, 2.05) is 0 Å². The summed E-state index contributed by atoms with van der Waals surface area (Å²) in [4.78, 5) is 132. The molecule has 71 heavy (non-hydrogen) atoms. The fourth-order valence-corrected chi connectivity index (χ4v) is 11.3. The highest BCUT2D eigenvalue weighted by Crippen LogP contribution is 2.77. The van der Waals surface area contributed by atoms with Gasteiger partial charge in [0, 0.05) is 13.7 Å². The first-order chi connectivity index (χ1) is 33.4. The fourth-order valence-electron chi connectivity index (χ4n) is 7.23. The normalized spacial score (nSPS) is 22.0. The molecular weight excluding hydrogens is 1040 g/mol. The molecule has 39 heteroatoms. The van der Waals surface area contributed by atoms with Gasteiger partial charge in [-0.25, -0.2) is 34.1 Å². The molecule has 3 saturated heterocycles. The van der Waals surface area contributed by atoms with Crippen LogP contribution in [0.1, 0.15) is 44.6 Å². The van der Waals surface area contributed by atoms with Crippen LogP contribution in [0.4, 0.5) is 17.7 Å². The van der Waals surface area contributed by atoms with E-state index in [4.69, 9.17) is 40.0 Å². The molecule has 9 rings (SSSR count). The highest BCUT2D eigenvalue weighted by atomic mass is 31.3. The Balaban J connectivity index is 0.000000182. The summed E-state index contributed by atoms with van der Waals surface area (Å²) in [6.07, 6.45) is 4.53. The third-order valence-electron chi connectivity index (χ3n) is 10.4. The minimum Gasteiger partial charge on any atom is -0.390 e. The molecule has 0 unspecified atom stereocenters. The molecule has 0 spiro atoms. The van der Waals surface area contributed by atoms with Crippen molar-refractivity contribution in [3.05, 3.63) is 46.0 Å². The molecule has 0 bridgehead atoms. The smallest absolute Gasteiger partial charge is 0.390 e. The lowest BCUT2D eigenvalue weighted by atomic mass is 10.2. The van der Waals surface area contributed by atoms with Crippen molar-refractivity contribution < 1.29 is 89.8 Å². The van der Waals surface area contributed by atoms with Crippen LogP contribution in [0.25, 0.3) is 33.5 Å². The number of rotatable bonds is 16. The van der Waals surface area contributed by atoms with Crippen molar-refractivity contribution in [1.82, 2.24) is 54.0 Å². The molecular formula is C32H51N15O20P4+4. The summed E-state index contributed by atoms with van der Waals surface area (Å²) in [6.45, 7) is -0.935. The number of H-pyrrole nitrogens is 3. The number of phosphoric ester groups is 1. The van der Waals surface area contributed by atoms with Crippen molar-refractivity contribution in [2.24, 2.45) is 7.05 Å². The Morgan fingerprint density at radius 1 is 0.803 bits per heavy atom. The van der Waals surface area contributed by atoms with E-state index in [1.165, 1.54) is 12.7 Å². The molecule has 17 N–H and O–H groups in total. The summed E-state index contributed by atoms with van der Waals surface area (Å²) in [6, 6.07) is 0. The maximum atomic E-state index is 11.7. The molecule has 35 nitrogen and oxygen atoms in total.